The van der Waals surface area contributed by atoms with Crippen LogP contribution >= 0.6 is 0 Å². The van der Waals surface area contributed by atoms with Gasteiger partial charge in [-0.05, 0) is 37.7 Å². The van der Waals surface area contributed by atoms with Crippen LogP contribution in [0.5, 0.6) is 0 Å². The number of rotatable bonds is 9. The molecule has 1 amide bonds. The van der Waals surface area contributed by atoms with Gasteiger partial charge in [0.1, 0.15) is 12.6 Å². The lowest BCUT2D eigenvalue weighted by Gasteiger charge is -2.10. The maximum absolute atomic E-state index is 11.6. The molecule has 0 unspecified atom stereocenters. The summed E-state index contributed by atoms with van der Waals surface area (Å²) in [5.41, 5.74) is 6.62. The van der Waals surface area contributed by atoms with Gasteiger partial charge in [0.15, 0.2) is 0 Å². The molecule has 3 N–H and O–H groups in total. The third kappa shape index (κ3) is 7.34. The molecule has 1 saturated carbocycles. The van der Waals surface area contributed by atoms with Gasteiger partial charge in [0, 0.05) is 6.54 Å². The Morgan fingerprint density at radius 1 is 1.16 bits per heavy atom. The summed E-state index contributed by atoms with van der Waals surface area (Å²) < 4.78 is 9.79. The molecule has 0 spiro atoms. The highest BCUT2D eigenvalue weighted by Crippen LogP contribution is 2.30. The fourth-order valence-electron chi connectivity index (χ4n) is 2.15. The van der Waals surface area contributed by atoms with Crippen LogP contribution in [-0.2, 0) is 25.7 Å². The van der Waals surface area contributed by atoms with Crippen molar-refractivity contribution in [3.05, 3.63) is 35.9 Å². The molecule has 1 atom stereocenters. The van der Waals surface area contributed by atoms with Crippen LogP contribution < -0.4 is 11.1 Å². The molecule has 1 aliphatic carbocycles. The Morgan fingerprint density at radius 2 is 1.88 bits per heavy atom. The summed E-state index contributed by atoms with van der Waals surface area (Å²) in [4.78, 5) is 34.5. The fraction of sp³-hybridized carbons (Fsp3) is 0.500. The van der Waals surface area contributed by atoms with Gasteiger partial charge in [0.25, 0.3) is 0 Å². The lowest BCUT2D eigenvalue weighted by Crippen LogP contribution is -2.34. The van der Waals surface area contributed by atoms with Crippen LogP contribution in [-0.4, -0.2) is 30.6 Å². The van der Waals surface area contributed by atoms with Crippen LogP contribution in [0.4, 0.5) is 4.79 Å². The molecule has 7 heteroatoms. The van der Waals surface area contributed by atoms with Crippen LogP contribution in [0.15, 0.2) is 30.3 Å². The number of hydrogen-bond acceptors (Lipinski definition) is 6. The molecule has 136 valence electrons. The number of alkyl carbamates (subject to hydrolysis) is 1. The monoisotopic (exact) mass is 348 g/mol. The quantitative estimate of drug-likeness (QED) is 0.401. The van der Waals surface area contributed by atoms with E-state index in [0.29, 0.717) is 25.8 Å². The first kappa shape index (κ1) is 18.9. The van der Waals surface area contributed by atoms with E-state index in [1.54, 1.807) is 0 Å². The average molecular weight is 348 g/mol. The molecule has 1 aromatic carbocycles. The van der Waals surface area contributed by atoms with Gasteiger partial charge < -0.3 is 20.5 Å². The Hall–Kier alpha value is -2.41. The van der Waals surface area contributed by atoms with Crippen molar-refractivity contribution in [2.24, 2.45) is 11.7 Å². The largest absolute Gasteiger partial charge is 0.445 e. The zero-order valence-electron chi connectivity index (χ0n) is 14.1. The van der Waals surface area contributed by atoms with Crippen molar-refractivity contribution in [2.75, 3.05) is 6.54 Å². The average Bonchev–Trinajstić information content (AvgIpc) is 3.45. The number of amides is 1. The maximum Gasteiger partial charge on any atom is 0.407 e. The van der Waals surface area contributed by atoms with Gasteiger partial charge in [-0.25, -0.2) is 9.59 Å². The summed E-state index contributed by atoms with van der Waals surface area (Å²) in [6.45, 7) is 0.648. The zero-order valence-corrected chi connectivity index (χ0v) is 14.1. The van der Waals surface area contributed by atoms with Gasteiger partial charge in [0.05, 0.1) is 5.92 Å². The summed E-state index contributed by atoms with van der Waals surface area (Å²) in [6.07, 6.45) is 2.77. The predicted octanol–water partition coefficient (Wildman–Crippen LogP) is 1.89. The first-order valence-electron chi connectivity index (χ1n) is 8.52. The molecule has 1 fully saturated rings. The highest BCUT2D eigenvalue weighted by Gasteiger charge is 2.33. The minimum Gasteiger partial charge on any atom is -0.445 e. The third-order valence-corrected chi connectivity index (χ3v) is 3.84. The summed E-state index contributed by atoms with van der Waals surface area (Å²) in [7, 11) is 0. The van der Waals surface area contributed by atoms with E-state index in [9.17, 15) is 14.4 Å². The van der Waals surface area contributed by atoms with Crippen LogP contribution in [0.25, 0.3) is 0 Å². The second-order valence-corrected chi connectivity index (χ2v) is 6.11. The van der Waals surface area contributed by atoms with E-state index < -0.39 is 24.1 Å². The summed E-state index contributed by atoms with van der Waals surface area (Å²) in [5, 5.41) is 2.64. The van der Waals surface area contributed by atoms with Gasteiger partial charge in [-0.3, -0.25) is 4.79 Å². The van der Waals surface area contributed by atoms with Gasteiger partial charge >= 0.3 is 18.0 Å². The second-order valence-electron chi connectivity index (χ2n) is 6.11. The number of hydrogen-bond donors (Lipinski definition) is 2. The predicted molar refractivity (Wildman–Crippen MR) is 90.3 cm³/mol. The fourth-order valence-corrected chi connectivity index (χ4v) is 2.15. The molecule has 0 radical (unpaired) electrons. The molecular weight excluding hydrogens is 324 g/mol. The molecule has 7 nitrogen and oxygen atoms in total. The Morgan fingerprint density at radius 3 is 2.56 bits per heavy atom. The Balaban J connectivity index is 1.49. The summed E-state index contributed by atoms with van der Waals surface area (Å²) >= 11 is 0. The highest BCUT2D eigenvalue weighted by atomic mass is 16.6. The van der Waals surface area contributed by atoms with E-state index in [1.807, 2.05) is 30.3 Å². The minimum absolute atomic E-state index is 0.123. The number of carbonyl (C=O) groups is 3. The standard InChI is InChI=1S/C18H24N2O5/c19-15(17(22)25-16(21)14-9-10-14)8-4-5-11-20-18(23)24-12-13-6-2-1-3-7-13/h1-3,6-7,14-15H,4-5,8-12,19H2,(H,20,23)/t15-/m0/s1. The molecule has 0 saturated heterocycles. The number of nitrogens with two attached hydrogens (primary N) is 1. The van der Waals surface area contributed by atoms with Gasteiger partial charge in [-0.1, -0.05) is 30.3 Å². The number of benzene rings is 1. The van der Waals surface area contributed by atoms with Crippen molar-refractivity contribution >= 4 is 18.0 Å². The van der Waals surface area contributed by atoms with Crippen LogP contribution in [0.2, 0.25) is 0 Å². The number of esters is 2. The first-order valence-corrected chi connectivity index (χ1v) is 8.52. The number of unbranched alkanes of at least 4 members (excludes halogenated alkanes) is 1. The van der Waals surface area contributed by atoms with Gasteiger partial charge in [0.2, 0.25) is 0 Å². The molecule has 0 heterocycles. The van der Waals surface area contributed by atoms with E-state index in [1.165, 1.54) is 0 Å². The SMILES string of the molecule is N[C@@H](CCCCNC(=O)OCc1ccccc1)C(=O)OC(=O)C1CC1. The summed E-state index contributed by atoms with van der Waals surface area (Å²) in [6, 6.07) is 8.59. The van der Waals surface area contributed by atoms with Crippen molar-refractivity contribution < 1.29 is 23.9 Å². The topological polar surface area (TPSA) is 108 Å². The van der Waals surface area contributed by atoms with Crippen LogP contribution in [0, 0.1) is 5.92 Å². The van der Waals surface area contributed by atoms with Crippen molar-refractivity contribution in [3.63, 3.8) is 0 Å². The molecule has 0 aliphatic heterocycles. The molecular formula is C18H24N2O5. The normalized spacial score (nSPS) is 14.4. The lowest BCUT2D eigenvalue weighted by molar-refractivity contribution is -0.161. The number of carbonyl (C=O) groups excluding carboxylic acids is 3. The molecule has 0 bridgehead atoms. The van der Waals surface area contributed by atoms with Crippen molar-refractivity contribution in [1.82, 2.24) is 5.32 Å². The molecule has 1 aliphatic rings. The Kier molecular flexibility index (Phi) is 7.40. The van der Waals surface area contributed by atoms with Crippen LogP contribution in [0.3, 0.4) is 0 Å². The Labute approximate surface area is 146 Å². The number of ether oxygens (including phenoxy) is 2. The third-order valence-electron chi connectivity index (χ3n) is 3.84. The van der Waals surface area contributed by atoms with E-state index >= 15 is 0 Å². The molecule has 1 aromatic rings. The van der Waals surface area contributed by atoms with Crippen molar-refractivity contribution in [2.45, 2.75) is 44.8 Å². The van der Waals surface area contributed by atoms with Crippen molar-refractivity contribution in [1.29, 1.82) is 0 Å². The van der Waals surface area contributed by atoms with E-state index in [2.05, 4.69) is 5.32 Å². The Bertz CT molecular complexity index is 586. The maximum atomic E-state index is 11.6. The minimum atomic E-state index is -0.812. The summed E-state index contributed by atoms with van der Waals surface area (Å²) in [5.74, 6) is -1.27. The van der Waals surface area contributed by atoms with E-state index in [-0.39, 0.29) is 12.5 Å². The molecule has 25 heavy (non-hydrogen) atoms. The van der Waals surface area contributed by atoms with Crippen LogP contribution in [0.1, 0.15) is 37.7 Å². The molecule has 2 rings (SSSR count). The van der Waals surface area contributed by atoms with E-state index in [4.69, 9.17) is 15.2 Å². The smallest absolute Gasteiger partial charge is 0.407 e. The lowest BCUT2D eigenvalue weighted by atomic mass is 10.1. The highest BCUT2D eigenvalue weighted by molar-refractivity contribution is 5.90. The van der Waals surface area contributed by atoms with E-state index in [0.717, 1.165) is 18.4 Å². The van der Waals surface area contributed by atoms with Crippen molar-refractivity contribution in [3.8, 4) is 0 Å². The first-order chi connectivity index (χ1) is 12.1. The van der Waals surface area contributed by atoms with Gasteiger partial charge in [-0.15, -0.1) is 0 Å². The van der Waals surface area contributed by atoms with Gasteiger partial charge in [-0.2, -0.15) is 0 Å². The molecule has 0 aromatic heterocycles. The zero-order chi connectivity index (χ0) is 18.1. The second kappa shape index (κ2) is 9.78. The number of nitrogens with one attached hydrogen (secondary N) is 1.